The Kier molecular flexibility index (Phi) is 4.76. The first-order valence-electron chi connectivity index (χ1n) is 8.35. The molecule has 3 rings (SSSR count). The Bertz CT molecular complexity index is 716. The second-order valence-corrected chi connectivity index (χ2v) is 6.79. The number of rotatable bonds is 5. The SMILES string of the molecule is Cc1cc(C[C@H]2COC[C@H]2NC(=O)c2cc(C(C)C)oc2C)on1. The molecule has 130 valence electrons. The van der Waals surface area contributed by atoms with Crippen LogP contribution < -0.4 is 5.32 Å². The molecule has 0 spiro atoms. The molecular formula is C18H24N2O4. The smallest absolute Gasteiger partial charge is 0.255 e. The minimum Gasteiger partial charge on any atom is -0.465 e. The van der Waals surface area contributed by atoms with Crippen LogP contribution in [0.2, 0.25) is 0 Å². The summed E-state index contributed by atoms with van der Waals surface area (Å²) < 4.78 is 16.5. The third-order valence-electron chi connectivity index (χ3n) is 4.41. The molecule has 0 radical (unpaired) electrons. The van der Waals surface area contributed by atoms with Gasteiger partial charge in [-0.05, 0) is 19.9 Å². The lowest BCUT2D eigenvalue weighted by Crippen LogP contribution is -2.40. The van der Waals surface area contributed by atoms with E-state index >= 15 is 0 Å². The second kappa shape index (κ2) is 6.81. The first-order valence-corrected chi connectivity index (χ1v) is 8.35. The van der Waals surface area contributed by atoms with Crippen molar-refractivity contribution in [3.05, 3.63) is 40.7 Å². The Morgan fingerprint density at radius 3 is 2.75 bits per heavy atom. The van der Waals surface area contributed by atoms with Crippen LogP contribution in [-0.2, 0) is 11.2 Å². The molecule has 1 aliphatic heterocycles. The van der Waals surface area contributed by atoms with Crippen molar-refractivity contribution >= 4 is 5.91 Å². The highest BCUT2D eigenvalue weighted by atomic mass is 16.5. The van der Waals surface area contributed by atoms with Crippen LogP contribution >= 0.6 is 0 Å². The van der Waals surface area contributed by atoms with Gasteiger partial charge < -0.3 is 19.0 Å². The predicted molar refractivity (Wildman–Crippen MR) is 88.0 cm³/mol. The fourth-order valence-electron chi connectivity index (χ4n) is 2.99. The highest BCUT2D eigenvalue weighted by Gasteiger charge is 2.31. The van der Waals surface area contributed by atoms with E-state index in [0.29, 0.717) is 31.0 Å². The molecule has 1 fully saturated rings. The molecule has 0 saturated carbocycles. The summed E-state index contributed by atoms with van der Waals surface area (Å²) >= 11 is 0. The molecule has 0 aromatic carbocycles. The zero-order valence-electron chi connectivity index (χ0n) is 14.6. The monoisotopic (exact) mass is 332 g/mol. The van der Waals surface area contributed by atoms with E-state index in [1.807, 2.05) is 39.8 Å². The summed E-state index contributed by atoms with van der Waals surface area (Å²) in [6.45, 7) is 8.91. The Morgan fingerprint density at radius 1 is 1.33 bits per heavy atom. The molecule has 24 heavy (non-hydrogen) atoms. The summed E-state index contributed by atoms with van der Waals surface area (Å²) in [5, 5.41) is 6.99. The number of aryl methyl sites for hydroxylation is 2. The molecule has 1 saturated heterocycles. The van der Waals surface area contributed by atoms with Crippen molar-refractivity contribution in [2.75, 3.05) is 13.2 Å². The van der Waals surface area contributed by atoms with E-state index in [4.69, 9.17) is 13.7 Å². The van der Waals surface area contributed by atoms with Gasteiger partial charge in [-0.3, -0.25) is 4.79 Å². The quantitative estimate of drug-likeness (QED) is 0.911. The van der Waals surface area contributed by atoms with E-state index in [1.165, 1.54) is 0 Å². The van der Waals surface area contributed by atoms with Crippen LogP contribution in [0.3, 0.4) is 0 Å². The topological polar surface area (TPSA) is 77.5 Å². The predicted octanol–water partition coefficient (Wildman–Crippen LogP) is 3.00. The maximum absolute atomic E-state index is 12.6. The van der Waals surface area contributed by atoms with Gasteiger partial charge >= 0.3 is 0 Å². The van der Waals surface area contributed by atoms with Crippen LogP contribution in [0.25, 0.3) is 0 Å². The van der Waals surface area contributed by atoms with Crippen LogP contribution in [0.15, 0.2) is 21.1 Å². The van der Waals surface area contributed by atoms with Gasteiger partial charge in [0.25, 0.3) is 5.91 Å². The normalized spacial score (nSPS) is 20.7. The van der Waals surface area contributed by atoms with Crippen molar-refractivity contribution in [3.63, 3.8) is 0 Å². The maximum atomic E-state index is 12.6. The molecule has 6 heteroatoms. The Morgan fingerprint density at radius 2 is 2.12 bits per heavy atom. The third-order valence-corrected chi connectivity index (χ3v) is 4.41. The standard InChI is InChI=1S/C18H24N2O4/c1-10(2)17-7-15(12(4)23-17)18(21)19-16-9-22-8-13(16)6-14-5-11(3)20-24-14/h5,7,10,13,16H,6,8-9H2,1-4H3,(H,19,21)/t13-,16+/m0/s1. The first kappa shape index (κ1) is 16.8. The molecule has 0 bridgehead atoms. The second-order valence-electron chi connectivity index (χ2n) is 6.79. The lowest BCUT2D eigenvalue weighted by atomic mass is 9.97. The highest BCUT2D eigenvalue weighted by molar-refractivity contribution is 5.95. The summed E-state index contributed by atoms with van der Waals surface area (Å²) in [5.41, 5.74) is 1.46. The van der Waals surface area contributed by atoms with Crippen LogP contribution in [0.4, 0.5) is 0 Å². The van der Waals surface area contributed by atoms with Crippen molar-refractivity contribution in [3.8, 4) is 0 Å². The summed E-state index contributed by atoms with van der Waals surface area (Å²) in [4.78, 5) is 12.6. The Hall–Kier alpha value is -2.08. The van der Waals surface area contributed by atoms with E-state index in [1.54, 1.807) is 0 Å². The van der Waals surface area contributed by atoms with Crippen LogP contribution in [0.5, 0.6) is 0 Å². The largest absolute Gasteiger partial charge is 0.465 e. The van der Waals surface area contributed by atoms with Crippen LogP contribution in [0, 0.1) is 19.8 Å². The van der Waals surface area contributed by atoms with Gasteiger partial charge in [0.2, 0.25) is 0 Å². The minimum absolute atomic E-state index is 0.0419. The molecule has 0 unspecified atom stereocenters. The van der Waals surface area contributed by atoms with Gasteiger partial charge in [0.15, 0.2) is 0 Å². The number of amides is 1. The number of nitrogens with one attached hydrogen (secondary N) is 1. The van der Waals surface area contributed by atoms with Gasteiger partial charge in [0.05, 0.1) is 30.5 Å². The van der Waals surface area contributed by atoms with Crippen molar-refractivity contribution in [1.82, 2.24) is 10.5 Å². The van der Waals surface area contributed by atoms with E-state index < -0.39 is 0 Å². The first-order chi connectivity index (χ1) is 11.4. The molecule has 1 N–H and O–H groups in total. The van der Waals surface area contributed by atoms with Crippen LogP contribution in [0.1, 0.15) is 53.1 Å². The van der Waals surface area contributed by atoms with Gasteiger partial charge in [-0.15, -0.1) is 0 Å². The molecule has 2 aromatic rings. The number of hydrogen-bond donors (Lipinski definition) is 1. The van der Waals surface area contributed by atoms with Crippen molar-refractivity contribution in [2.45, 2.75) is 46.1 Å². The van der Waals surface area contributed by atoms with Crippen molar-refractivity contribution in [1.29, 1.82) is 0 Å². The molecule has 2 atom stereocenters. The number of furan rings is 1. The average molecular weight is 332 g/mol. The lowest BCUT2D eigenvalue weighted by molar-refractivity contribution is 0.0923. The maximum Gasteiger partial charge on any atom is 0.255 e. The third kappa shape index (κ3) is 3.53. The average Bonchev–Trinajstić information content (AvgIpc) is 3.21. The number of carbonyl (C=O) groups is 1. The Labute approximate surface area is 141 Å². The van der Waals surface area contributed by atoms with Gasteiger partial charge in [0, 0.05) is 24.3 Å². The van der Waals surface area contributed by atoms with Gasteiger partial charge in [0.1, 0.15) is 17.3 Å². The Balaban J connectivity index is 1.66. The van der Waals surface area contributed by atoms with E-state index in [-0.39, 0.29) is 23.8 Å². The summed E-state index contributed by atoms with van der Waals surface area (Å²) in [5.74, 6) is 2.62. The fourth-order valence-corrected chi connectivity index (χ4v) is 2.99. The number of carbonyl (C=O) groups excluding carboxylic acids is 1. The highest BCUT2D eigenvalue weighted by Crippen LogP contribution is 2.24. The summed E-state index contributed by atoms with van der Waals surface area (Å²) in [6.07, 6.45) is 0.702. The van der Waals surface area contributed by atoms with E-state index in [9.17, 15) is 4.79 Å². The molecule has 0 aliphatic carbocycles. The lowest BCUT2D eigenvalue weighted by Gasteiger charge is -2.17. The molecule has 1 aliphatic rings. The van der Waals surface area contributed by atoms with Gasteiger partial charge in [-0.25, -0.2) is 0 Å². The van der Waals surface area contributed by atoms with E-state index in [2.05, 4.69) is 10.5 Å². The zero-order valence-corrected chi connectivity index (χ0v) is 14.6. The fraction of sp³-hybridized carbons (Fsp3) is 0.556. The van der Waals surface area contributed by atoms with Crippen molar-refractivity contribution < 1.29 is 18.5 Å². The minimum atomic E-state index is -0.114. The van der Waals surface area contributed by atoms with Crippen LogP contribution in [-0.4, -0.2) is 30.3 Å². The summed E-state index contributed by atoms with van der Waals surface area (Å²) in [7, 11) is 0. The zero-order chi connectivity index (χ0) is 17.3. The van der Waals surface area contributed by atoms with Crippen molar-refractivity contribution in [2.24, 2.45) is 5.92 Å². The number of aromatic nitrogens is 1. The molecule has 2 aromatic heterocycles. The molecule has 3 heterocycles. The van der Waals surface area contributed by atoms with E-state index in [0.717, 1.165) is 17.2 Å². The number of nitrogens with zero attached hydrogens (tertiary/aromatic N) is 1. The number of ether oxygens (including phenoxy) is 1. The summed E-state index contributed by atoms with van der Waals surface area (Å²) in [6, 6.07) is 3.71. The molecule has 1 amide bonds. The van der Waals surface area contributed by atoms with Gasteiger partial charge in [-0.2, -0.15) is 0 Å². The van der Waals surface area contributed by atoms with Gasteiger partial charge in [-0.1, -0.05) is 19.0 Å². The number of hydrogen-bond acceptors (Lipinski definition) is 5. The molecular weight excluding hydrogens is 308 g/mol. The molecule has 6 nitrogen and oxygen atoms in total.